The maximum atomic E-state index is 11.2. The molecule has 0 fully saturated rings. The quantitative estimate of drug-likeness (QED) is 0.585. The second kappa shape index (κ2) is 5.04. The molecule has 74 valence electrons. The van der Waals surface area contributed by atoms with Crippen LogP contribution in [-0.2, 0) is 4.84 Å². The monoisotopic (exact) mass is 192 g/mol. The number of carbonyl (C=O) groups is 1. The molecule has 0 spiro atoms. The van der Waals surface area contributed by atoms with Crippen molar-refractivity contribution in [3.63, 3.8) is 0 Å². The third-order valence-corrected chi connectivity index (χ3v) is 1.70. The van der Waals surface area contributed by atoms with Gasteiger partial charge in [-0.15, -0.1) is 6.58 Å². The Hall–Kier alpha value is -1.81. The van der Waals surface area contributed by atoms with Gasteiger partial charge in [0.15, 0.2) is 0 Å². The van der Waals surface area contributed by atoms with Crippen LogP contribution in [0.3, 0.4) is 0 Å². The first-order valence-electron chi connectivity index (χ1n) is 4.13. The van der Waals surface area contributed by atoms with Gasteiger partial charge in [-0.1, -0.05) is 24.3 Å². The molecule has 0 radical (unpaired) electrons. The van der Waals surface area contributed by atoms with E-state index in [0.717, 1.165) is 5.69 Å². The maximum absolute atomic E-state index is 11.2. The second-order valence-corrected chi connectivity index (χ2v) is 2.62. The lowest BCUT2D eigenvalue weighted by Crippen LogP contribution is -2.33. The molecule has 0 heterocycles. The first kappa shape index (κ1) is 10.3. The summed E-state index contributed by atoms with van der Waals surface area (Å²) < 4.78 is 0. The Morgan fingerprint density at radius 3 is 2.64 bits per heavy atom. The van der Waals surface area contributed by atoms with Crippen molar-refractivity contribution in [2.24, 2.45) is 5.90 Å². The molecule has 1 amide bonds. The number of nitrogens with two attached hydrogens (primary N) is 1. The van der Waals surface area contributed by atoms with Gasteiger partial charge < -0.3 is 4.84 Å². The van der Waals surface area contributed by atoms with Gasteiger partial charge in [0.05, 0.1) is 0 Å². The van der Waals surface area contributed by atoms with E-state index in [1.165, 1.54) is 4.90 Å². The van der Waals surface area contributed by atoms with Crippen LogP contribution in [0.2, 0.25) is 0 Å². The predicted octanol–water partition coefficient (Wildman–Crippen LogP) is 1.69. The van der Waals surface area contributed by atoms with Gasteiger partial charge in [-0.3, -0.25) is 4.90 Å². The number of nitrogens with zero attached hydrogens (tertiary/aromatic N) is 1. The number of anilines is 1. The van der Waals surface area contributed by atoms with Crippen molar-refractivity contribution in [1.82, 2.24) is 0 Å². The minimum absolute atomic E-state index is 0.361. The van der Waals surface area contributed by atoms with Crippen LogP contribution in [0.1, 0.15) is 0 Å². The van der Waals surface area contributed by atoms with Crippen LogP contribution in [0.4, 0.5) is 10.5 Å². The van der Waals surface area contributed by atoms with Gasteiger partial charge in [0, 0.05) is 12.2 Å². The number of hydrogen-bond acceptors (Lipinski definition) is 3. The number of amides is 1. The molecule has 0 aliphatic carbocycles. The Bertz CT molecular complexity index is 311. The van der Waals surface area contributed by atoms with Gasteiger partial charge in [0.1, 0.15) is 0 Å². The minimum atomic E-state index is -0.601. The van der Waals surface area contributed by atoms with Crippen molar-refractivity contribution >= 4 is 11.8 Å². The first-order chi connectivity index (χ1) is 6.79. The molecule has 14 heavy (non-hydrogen) atoms. The summed E-state index contributed by atoms with van der Waals surface area (Å²) in [5.74, 6) is 4.82. The zero-order chi connectivity index (χ0) is 10.4. The van der Waals surface area contributed by atoms with E-state index in [1.54, 1.807) is 18.2 Å². The molecule has 1 aromatic rings. The summed E-state index contributed by atoms with van der Waals surface area (Å²) in [5.41, 5.74) is 0.725. The van der Waals surface area contributed by atoms with E-state index >= 15 is 0 Å². The molecule has 0 atom stereocenters. The highest BCUT2D eigenvalue weighted by Crippen LogP contribution is 2.13. The minimum Gasteiger partial charge on any atom is -0.356 e. The summed E-state index contributed by atoms with van der Waals surface area (Å²) in [4.78, 5) is 16.8. The molecule has 0 saturated carbocycles. The number of rotatable bonds is 3. The Labute approximate surface area is 82.5 Å². The van der Waals surface area contributed by atoms with Crippen LogP contribution < -0.4 is 10.8 Å². The Morgan fingerprint density at radius 1 is 1.50 bits per heavy atom. The van der Waals surface area contributed by atoms with Crippen LogP contribution in [0.25, 0.3) is 0 Å². The van der Waals surface area contributed by atoms with Crippen LogP contribution in [0, 0.1) is 0 Å². The average Bonchev–Trinajstić information content (AvgIpc) is 2.26. The fourth-order valence-corrected chi connectivity index (χ4v) is 1.09. The number of carbonyl (C=O) groups excluding carboxylic acids is 1. The lowest BCUT2D eigenvalue weighted by atomic mass is 10.3. The van der Waals surface area contributed by atoms with Crippen molar-refractivity contribution < 1.29 is 9.63 Å². The number of hydrogen-bond donors (Lipinski definition) is 1. The molecular formula is C10H12N2O2. The van der Waals surface area contributed by atoms with E-state index < -0.39 is 6.09 Å². The number of benzene rings is 1. The Morgan fingerprint density at radius 2 is 2.14 bits per heavy atom. The number of para-hydroxylation sites is 1. The van der Waals surface area contributed by atoms with Gasteiger partial charge in [-0.2, -0.15) is 5.90 Å². The Balaban J connectivity index is 2.88. The van der Waals surface area contributed by atoms with Gasteiger partial charge in [0.25, 0.3) is 0 Å². The largest absolute Gasteiger partial charge is 0.433 e. The van der Waals surface area contributed by atoms with Gasteiger partial charge in [0.2, 0.25) is 0 Å². The van der Waals surface area contributed by atoms with Crippen molar-refractivity contribution in [2.75, 3.05) is 11.4 Å². The lowest BCUT2D eigenvalue weighted by molar-refractivity contribution is 0.156. The molecule has 0 unspecified atom stereocenters. The highest BCUT2D eigenvalue weighted by Gasteiger charge is 2.13. The van der Waals surface area contributed by atoms with Crippen LogP contribution in [-0.4, -0.2) is 12.6 Å². The molecule has 0 bridgehead atoms. The van der Waals surface area contributed by atoms with Gasteiger partial charge in [-0.05, 0) is 12.1 Å². The zero-order valence-corrected chi connectivity index (χ0v) is 7.72. The molecule has 1 rings (SSSR count). The molecular weight excluding hydrogens is 180 g/mol. The van der Waals surface area contributed by atoms with Crippen molar-refractivity contribution in [1.29, 1.82) is 0 Å². The van der Waals surface area contributed by atoms with E-state index in [1.807, 2.05) is 18.2 Å². The fraction of sp³-hybridized carbons (Fsp3) is 0.100. The van der Waals surface area contributed by atoms with Crippen LogP contribution >= 0.6 is 0 Å². The summed E-state index contributed by atoms with van der Waals surface area (Å²) in [6, 6.07) is 9.11. The summed E-state index contributed by atoms with van der Waals surface area (Å²) in [6.07, 6.45) is 1.00. The fourth-order valence-electron chi connectivity index (χ4n) is 1.09. The molecule has 0 saturated heterocycles. The van der Waals surface area contributed by atoms with E-state index in [2.05, 4.69) is 11.4 Å². The molecule has 4 heteroatoms. The van der Waals surface area contributed by atoms with Crippen LogP contribution in [0.15, 0.2) is 43.0 Å². The van der Waals surface area contributed by atoms with Gasteiger partial charge in [-0.25, -0.2) is 4.79 Å². The van der Waals surface area contributed by atoms with Crippen molar-refractivity contribution in [2.45, 2.75) is 0 Å². The summed E-state index contributed by atoms with van der Waals surface area (Å²) in [7, 11) is 0. The average molecular weight is 192 g/mol. The summed E-state index contributed by atoms with van der Waals surface area (Å²) >= 11 is 0. The second-order valence-electron chi connectivity index (χ2n) is 2.62. The lowest BCUT2D eigenvalue weighted by Gasteiger charge is -2.18. The summed E-state index contributed by atoms with van der Waals surface area (Å²) in [6.45, 7) is 3.91. The Kier molecular flexibility index (Phi) is 3.69. The first-order valence-corrected chi connectivity index (χ1v) is 4.13. The van der Waals surface area contributed by atoms with E-state index in [0.29, 0.717) is 6.54 Å². The maximum Gasteiger partial charge on any atom is 0.433 e. The van der Waals surface area contributed by atoms with Crippen molar-refractivity contribution in [3.05, 3.63) is 43.0 Å². The van der Waals surface area contributed by atoms with Crippen molar-refractivity contribution in [3.8, 4) is 0 Å². The molecule has 2 N–H and O–H groups in total. The standard InChI is InChI=1S/C10H12N2O2/c1-2-8-12(10(13)14-11)9-6-4-3-5-7-9/h2-7H,1,8,11H2. The normalized spacial score (nSPS) is 9.21. The SMILES string of the molecule is C=CCN(C(=O)ON)c1ccccc1. The van der Waals surface area contributed by atoms with E-state index in [9.17, 15) is 4.79 Å². The molecule has 0 aliphatic heterocycles. The molecule has 0 aromatic heterocycles. The molecule has 1 aromatic carbocycles. The predicted molar refractivity (Wildman–Crippen MR) is 54.7 cm³/mol. The highest BCUT2D eigenvalue weighted by molar-refractivity contribution is 5.87. The summed E-state index contributed by atoms with van der Waals surface area (Å²) in [5, 5.41) is 0. The van der Waals surface area contributed by atoms with Crippen LogP contribution in [0.5, 0.6) is 0 Å². The third-order valence-electron chi connectivity index (χ3n) is 1.70. The molecule has 0 aliphatic rings. The van der Waals surface area contributed by atoms with E-state index in [4.69, 9.17) is 5.90 Å². The van der Waals surface area contributed by atoms with E-state index in [-0.39, 0.29) is 0 Å². The smallest absolute Gasteiger partial charge is 0.356 e. The topological polar surface area (TPSA) is 55.6 Å². The zero-order valence-electron chi connectivity index (χ0n) is 7.72. The highest BCUT2D eigenvalue weighted by atomic mass is 16.7. The van der Waals surface area contributed by atoms with Gasteiger partial charge >= 0.3 is 6.09 Å². The molecule has 4 nitrogen and oxygen atoms in total. The third kappa shape index (κ3) is 2.34.